The van der Waals surface area contributed by atoms with Crippen LogP contribution < -0.4 is 0 Å². The molecule has 0 unspecified atom stereocenters. The van der Waals surface area contributed by atoms with Crippen LogP contribution >= 0.6 is 0 Å². The largest absolute Gasteiger partial charge is 0.0619 e. The van der Waals surface area contributed by atoms with Crippen molar-refractivity contribution < 1.29 is 0 Å². The van der Waals surface area contributed by atoms with Crippen LogP contribution in [0.4, 0.5) is 0 Å². The Hall–Kier alpha value is -3.90. The van der Waals surface area contributed by atoms with Crippen molar-refractivity contribution in [2.45, 2.75) is 25.7 Å². The molecule has 0 heterocycles. The zero-order valence-corrected chi connectivity index (χ0v) is 19.4. The topological polar surface area (TPSA) is 0 Å². The minimum Gasteiger partial charge on any atom is -0.0619 e. The van der Waals surface area contributed by atoms with E-state index < -0.39 is 0 Å². The van der Waals surface area contributed by atoms with Crippen LogP contribution in [0, 0.1) is 0 Å². The Morgan fingerprint density at radius 3 is 1.68 bits per heavy atom. The van der Waals surface area contributed by atoms with E-state index in [4.69, 9.17) is 0 Å². The molecule has 0 radical (unpaired) electrons. The summed E-state index contributed by atoms with van der Waals surface area (Å²) in [5, 5.41) is 8.11. The molecule has 0 N–H and O–H groups in total. The fourth-order valence-electron chi connectivity index (χ4n) is 6.76. The lowest BCUT2D eigenvalue weighted by molar-refractivity contribution is 0.661. The van der Waals surface area contributed by atoms with E-state index in [1.165, 1.54) is 76.8 Å². The molecular formula is C34H24. The van der Waals surface area contributed by atoms with Gasteiger partial charge in [0.1, 0.15) is 0 Å². The number of hydrogen-bond donors (Lipinski definition) is 0. The molecule has 160 valence electrons. The van der Waals surface area contributed by atoms with E-state index in [2.05, 4.69) is 111 Å². The van der Waals surface area contributed by atoms with Crippen molar-refractivity contribution >= 4 is 32.3 Å². The molecule has 0 aliphatic heterocycles. The average Bonchev–Trinajstić information content (AvgIpc) is 3.34. The van der Waals surface area contributed by atoms with Gasteiger partial charge in [-0.25, -0.2) is 0 Å². The Kier molecular flexibility index (Phi) is 3.35. The fraction of sp³-hybridized carbons (Fsp3) is 0.118. The minimum atomic E-state index is -0.0296. The number of fused-ring (bicyclic) bond motifs is 12. The quantitative estimate of drug-likeness (QED) is 0.210. The van der Waals surface area contributed by atoms with Crippen LogP contribution in [0.15, 0.2) is 97.1 Å². The van der Waals surface area contributed by atoms with Crippen molar-refractivity contribution in [1.29, 1.82) is 0 Å². The lowest BCUT2D eigenvalue weighted by atomic mass is 9.80. The molecule has 0 bridgehead atoms. The van der Waals surface area contributed by atoms with Gasteiger partial charge >= 0.3 is 0 Å². The van der Waals surface area contributed by atoms with Crippen LogP contribution in [-0.4, -0.2) is 0 Å². The first kappa shape index (κ1) is 18.5. The van der Waals surface area contributed by atoms with Crippen molar-refractivity contribution in [2.75, 3.05) is 0 Å². The highest BCUT2D eigenvalue weighted by atomic mass is 14.4. The molecule has 0 saturated carbocycles. The van der Waals surface area contributed by atoms with Gasteiger partial charge in [-0.3, -0.25) is 0 Å². The second kappa shape index (κ2) is 6.15. The number of benzene rings is 6. The Labute approximate surface area is 199 Å². The van der Waals surface area contributed by atoms with E-state index in [1.807, 2.05) is 0 Å². The third-order valence-electron chi connectivity index (χ3n) is 8.45. The number of rotatable bonds is 0. The number of hydrogen-bond acceptors (Lipinski definition) is 0. The molecule has 2 aliphatic carbocycles. The molecule has 0 fully saturated rings. The first-order valence-electron chi connectivity index (χ1n) is 12.2. The van der Waals surface area contributed by atoms with Crippen molar-refractivity contribution in [3.05, 3.63) is 119 Å². The SMILES string of the molecule is CC1(C)c2cc3c(cc2-c2cc4c5ccccc5c5ccccc5c4cc21)Cc1ccccc1-3. The summed E-state index contributed by atoms with van der Waals surface area (Å²) in [4.78, 5) is 0. The molecule has 0 aromatic heterocycles. The standard InChI is InChI=1S/C34H24/c1-34(2)32-18-27-21(15-20-9-3-4-10-22(20)27)16-30(32)31-17-28-25-13-7-5-11-23(25)24-12-6-8-14-26(24)29(28)19-33(31)34/h3-14,16-19H,15H2,1-2H3. The van der Waals surface area contributed by atoms with Crippen LogP contribution in [0.2, 0.25) is 0 Å². The molecule has 0 amide bonds. The van der Waals surface area contributed by atoms with Crippen LogP contribution in [0.25, 0.3) is 54.6 Å². The van der Waals surface area contributed by atoms with Crippen LogP contribution in [0.3, 0.4) is 0 Å². The van der Waals surface area contributed by atoms with Gasteiger partial charge in [0.25, 0.3) is 0 Å². The van der Waals surface area contributed by atoms with E-state index in [0.29, 0.717) is 0 Å². The first-order valence-corrected chi connectivity index (χ1v) is 12.2. The van der Waals surface area contributed by atoms with Gasteiger partial charge in [0.05, 0.1) is 0 Å². The summed E-state index contributed by atoms with van der Waals surface area (Å²) < 4.78 is 0. The van der Waals surface area contributed by atoms with Gasteiger partial charge in [-0.15, -0.1) is 0 Å². The normalized spacial score (nSPS) is 14.9. The Bertz CT molecular complexity index is 1850. The molecule has 0 nitrogen and oxygen atoms in total. The van der Waals surface area contributed by atoms with Gasteiger partial charge in [0.2, 0.25) is 0 Å². The van der Waals surface area contributed by atoms with Gasteiger partial charge in [-0.2, -0.15) is 0 Å². The predicted octanol–water partition coefficient (Wildman–Crippen LogP) is 9.02. The van der Waals surface area contributed by atoms with Crippen LogP contribution in [0.1, 0.15) is 36.1 Å². The smallest absolute Gasteiger partial charge is 0.0159 e. The highest BCUT2D eigenvalue weighted by Crippen LogP contribution is 2.54. The molecule has 0 saturated heterocycles. The molecule has 34 heavy (non-hydrogen) atoms. The maximum Gasteiger partial charge on any atom is 0.0159 e. The third-order valence-corrected chi connectivity index (χ3v) is 8.45. The van der Waals surface area contributed by atoms with Gasteiger partial charge < -0.3 is 0 Å². The van der Waals surface area contributed by atoms with Gasteiger partial charge in [-0.05, 0) is 108 Å². The predicted molar refractivity (Wildman–Crippen MR) is 145 cm³/mol. The lowest BCUT2D eigenvalue weighted by Crippen LogP contribution is -2.15. The Balaban J connectivity index is 1.49. The minimum absolute atomic E-state index is 0.0296. The van der Waals surface area contributed by atoms with E-state index >= 15 is 0 Å². The summed E-state index contributed by atoms with van der Waals surface area (Å²) >= 11 is 0. The highest BCUT2D eigenvalue weighted by molar-refractivity contribution is 6.26. The molecule has 6 aromatic carbocycles. The fourth-order valence-corrected chi connectivity index (χ4v) is 6.76. The van der Waals surface area contributed by atoms with Gasteiger partial charge in [-0.1, -0.05) is 86.6 Å². The lowest BCUT2D eigenvalue weighted by Gasteiger charge is -2.23. The summed E-state index contributed by atoms with van der Waals surface area (Å²) in [7, 11) is 0. The monoisotopic (exact) mass is 432 g/mol. The zero-order valence-electron chi connectivity index (χ0n) is 19.4. The van der Waals surface area contributed by atoms with E-state index in [-0.39, 0.29) is 5.41 Å². The summed E-state index contributed by atoms with van der Waals surface area (Å²) in [5.74, 6) is 0. The van der Waals surface area contributed by atoms with Gasteiger partial charge in [0, 0.05) is 5.41 Å². The molecular weight excluding hydrogens is 408 g/mol. The third kappa shape index (κ3) is 2.19. The maximum absolute atomic E-state index is 2.50. The molecule has 8 rings (SSSR count). The zero-order chi connectivity index (χ0) is 22.6. The Morgan fingerprint density at radius 2 is 0.971 bits per heavy atom. The second-order valence-corrected chi connectivity index (χ2v) is 10.5. The maximum atomic E-state index is 2.50. The van der Waals surface area contributed by atoms with Crippen molar-refractivity contribution in [1.82, 2.24) is 0 Å². The highest BCUT2D eigenvalue weighted by Gasteiger charge is 2.37. The summed E-state index contributed by atoms with van der Waals surface area (Å²) in [6.07, 6.45) is 1.04. The Morgan fingerprint density at radius 1 is 0.441 bits per heavy atom. The molecule has 2 aliphatic rings. The molecule has 0 atom stereocenters. The average molecular weight is 433 g/mol. The second-order valence-electron chi connectivity index (χ2n) is 10.5. The van der Waals surface area contributed by atoms with E-state index in [0.717, 1.165) is 6.42 Å². The first-order chi connectivity index (χ1) is 16.6. The van der Waals surface area contributed by atoms with Crippen molar-refractivity contribution in [2.24, 2.45) is 0 Å². The molecule has 0 heteroatoms. The van der Waals surface area contributed by atoms with Crippen LogP contribution in [-0.2, 0) is 11.8 Å². The summed E-state index contributed by atoms with van der Waals surface area (Å²) in [5.41, 5.74) is 11.5. The molecule has 6 aromatic rings. The summed E-state index contributed by atoms with van der Waals surface area (Å²) in [6, 6.07) is 36.7. The molecule has 0 spiro atoms. The summed E-state index contributed by atoms with van der Waals surface area (Å²) in [6.45, 7) is 4.81. The van der Waals surface area contributed by atoms with Gasteiger partial charge in [0.15, 0.2) is 0 Å². The van der Waals surface area contributed by atoms with Crippen LogP contribution in [0.5, 0.6) is 0 Å². The van der Waals surface area contributed by atoms with E-state index in [9.17, 15) is 0 Å². The van der Waals surface area contributed by atoms with Crippen molar-refractivity contribution in [3.63, 3.8) is 0 Å². The van der Waals surface area contributed by atoms with E-state index in [1.54, 1.807) is 0 Å². The van der Waals surface area contributed by atoms with Crippen molar-refractivity contribution in [3.8, 4) is 22.3 Å².